The van der Waals surface area contributed by atoms with Gasteiger partial charge in [0.25, 0.3) is 0 Å². The summed E-state index contributed by atoms with van der Waals surface area (Å²) in [5, 5.41) is 15.0. The molecule has 2 aromatic carbocycles. The van der Waals surface area contributed by atoms with Crippen molar-refractivity contribution in [2.75, 3.05) is 4.90 Å². The molecule has 0 unspecified atom stereocenters. The lowest BCUT2D eigenvalue weighted by atomic mass is 9.92. The molecule has 0 bridgehead atoms. The number of para-hydroxylation sites is 1. The number of hydrogen-bond donors (Lipinski definition) is 1. The summed E-state index contributed by atoms with van der Waals surface area (Å²) in [7, 11) is -1.96. The van der Waals surface area contributed by atoms with Crippen LogP contribution in [0.3, 0.4) is 0 Å². The maximum Gasteiger partial charge on any atom is 0.417 e. The van der Waals surface area contributed by atoms with Gasteiger partial charge < -0.3 is 9.53 Å². The van der Waals surface area contributed by atoms with E-state index in [0.29, 0.717) is 11.5 Å². The Labute approximate surface area is 198 Å². The minimum Gasteiger partial charge on any atom is -0.544 e. The zero-order chi connectivity index (χ0) is 24.6. The van der Waals surface area contributed by atoms with Gasteiger partial charge in [-0.15, -0.1) is 0 Å². The quantitative estimate of drug-likeness (QED) is 0.399. The van der Waals surface area contributed by atoms with Crippen molar-refractivity contribution in [3.05, 3.63) is 66.4 Å². The molecule has 3 rings (SSSR count). The van der Waals surface area contributed by atoms with E-state index >= 15 is 0 Å². The van der Waals surface area contributed by atoms with Gasteiger partial charge in [0, 0.05) is 11.5 Å². The molecule has 0 radical (unpaired) electrons. The number of nitrogens with zero attached hydrogens (tertiary/aromatic N) is 3. The molecule has 3 aromatic rings. The van der Waals surface area contributed by atoms with Crippen molar-refractivity contribution in [2.24, 2.45) is 0 Å². The van der Waals surface area contributed by atoms with Gasteiger partial charge in [0.1, 0.15) is 11.6 Å². The number of carboxylic acid groups (broad SMARTS) is 1. The second-order valence-corrected chi connectivity index (χ2v) is 15.6. The summed E-state index contributed by atoms with van der Waals surface area (Å²) in [6.07, 6.45) is -1.07. The van der Waals surface area contributed by atoms with Crippen LogP contribution in [0, 0.1) is 0 Å². The maximum absolute atomic E-state index is 12.3. The van der Waals surface area contributed by atoms with Gasteiger partial charge >= 0.3 is 6.09 Å². The van der Waals surface area contributed by atoms with Crippen LogP contribution >= 0.6 is 0 Å². The van der Waals surface area contributed by atoms with E-state index in [1.54, 1.807) is 16.8 Å². The van der Waals surface area contributed by atoms with Gasteiger partial charge in [0.15, 0.2) is 0 Å². The van der Waals surface area contributed by atoms with Gasteiger partial charge in [-0.05, 0) is 54.5 Å². The molecule has 0 spiro atoms. The van der Waals surface area contributed by atoms with Crippen molar-refractivity contribution in [1.82, 2.24) is 9.78 Å². The normalized spacial score (nSPS) is 12.5. The first-order valence-corrected chi connectivity index (χ1v) is 14.1. The average molecular weight is 466 g/mol. The van der Waals surface area contributed by atoms with Crippen molar-refractivity contribution >= 4 is 25.9 Å². The van der Waals surface area contributed by atoms with E-state index in [1.807, 2.05) is 48.5 Å². The van der Waals surface area contributed by atoms with Crippen LogP contribution in [0.2, 0.25) is 18.1 Å². The summed E-state index contributed by atoms with van der Waals surface area (Å²) in [6.45, 7) is 17.2. The SMILES string of the molecule is CC(C)(C)c1cc(N(C(=O)O)c2ccccc2)n(-c2ccc(O[Si](C)(C)C(C)(C)C)cc2)n1. The Bertz CT molecular complexity index is 1110. The highest BCUT2D eigenvalue weighted by molar-refractivity contribution is 6.74. The number of carbonyl (C=O) groups is 1. The Morgan fingerprint density at radius 3 is 2.03 bits per heavy atom. The molecular weight excluding hydrogens is 430 g/mol. The monoisotopic (exact) mass is 465 g/mol. The Morgan fingerprint density at radius 2 is 1.55 bits per heavy atom. The molecule has 0 aliphatic rings. The smallest absolute Gasteiger partial charge is 0.417 e. The van der Waals surface area contributed by atoms with Crippen LogP contribution in [0.5, 0.6) is 5.75 Å². The molecule has 33 heavy (non-hydrogen) atoms. The summed E-state index contributed by atoms with van der Waals surface area (Å²) in [4.78, 5) is 13.6. The van der Waals surface area contributed by atoms with Crippen molar-refractivity contribution in [1.29, 1.82) is 0 Å². The van der Waals surface area contributed by atoms with Crippen LogP contribution in [-0.4, -0.2) is 29.3 Å². The summed E-state index contributed by atoms with van der Waals surface area (Å²) in [6, 6.07) is 18.6. The van der Waals surface area contributed by atoms with Crippen LogP contribution in [0.4, 0.5) is 16.3 Å². The summed E-state index contributed by atoms with van der Waals surface area (Å²) in [5.41, 5.74) is 1.89. The van der Waals surface area contributed by atoms with Crippen molar-refractivity contribution in [3.8, 4) is 11.4 Å². The first-order chi connectivity index (χ1) is 15.2. The molecule has 0 saturated heterocycles. The highest BCUT2D eigenvalue weighted by Gasteiger charge is 2.39. The minimum absolute atomic E-state index is 0.0973. The lowest BCUT2D eigenvalue weighted by molar-refractivity contribution is 0.204. The third-order valence-corrected chi connectivity index (χ3v) is 10.5. The second kappa shape index (κ2) is 8.70. The van der Waals surface area contributed by atoms with Crippen LogP contribution in [0.15, 0.2) is 60.7 Å². The Kier molecular flexibility index (Phi) is 6.48. The molecule has 0 atom stereocenters. The van der Waals surface area contributed by atoms with Gasteiger partial charge in [0.2, 0.25) is 8.32 Å². The highest BCUT2D eigenvalue weighted by atomic mass is 28.4. The largest absolute Gasteiger partial charge is 0.544 e. The van der Waals surface area contributed by atoms with Gasteiger partial charge in [0.05, 0.1) is 17.1 Å². The first-order valence-electron chi connectivity index (χ1n) is 11.2. The van der Waals surface area contributed by atoms with E-state index in [1.165, 1.54) is 4.90 Å². The van der Waals surface area contributed by atoms with Crippen LogP contribution in [-0.2, 0) is 5.41 Å². The van der Waals surface area contributed by atoms with Crippen molar-refractivity contribution in [2.45, 2.75) is 65.1 Å². The van der Waals surface area contributed by atoms with E-state index in [0.717, 1.165) is 17.1 Å². The van der Waals surface area contributed by atoms with Crippen LogP contribution in [0.1, 0.15) is 47.2 Å². The molecule has 0 aliphatic heterocycles. The Hall–Kier alpha value is -3.06. The molecule has 1 aromatic heterocycles. The topological polar surface area (TPSA) is 67.6 Å². The molecular formula is C26H35N3O3Si. The first kappa shape index (κ1) is 24.6. The molecule has 0 fully saturated rings. The highest BCUT2D eigenvalue weighted by Crippen LogP contribution is 2.38. The van der Waals surface area contributed by atoms with Gasteiger partial charge in [-0.1, -0.05) is 59.7 Å². The second-order valence-electron chi connectivity index (χ2n) is 10.9. The predicted molar refractivity (Wildman–Crippen MR) is 137 cm³/mol. The fourth-order valence-corrected chi connectivity index (χ4v) is 4.14. The average Bonchev–Trinajstić information content (AvgIpc) is 3.13. The Morgan fingerprint density at radius 1 is 0.970 bits per heavy atom. The van der Waals surface area contributed by atoms with E-state index in [4.69, 9.17) is 9.52 Å². The molecule has 0 saturated carbocycles. The van der Waals surface area contributed by atoms with Crippen LogP contribution < -0.4 is 9.33 Å². The van der Waals surface area contributed by atoms with Crippen molar-refractivity contribution in [3.63, 3.8) is 0 Å². The minimum atomic E-state index is -1.96. The summed E-state index contributed by atoms with van der Waals surface area (Å²) in [5.74, 6) is 1.28. The number of rotatable bonds is 5. The number of hydrogen-bond acceptors (Lipinski definition) is 3. The van der Waals surface area contributed by atoms with E-state index in [-0.39, 0.29) is 10.5 Å². The van der Waals surface area contributed by atoms with Crippen molar-refractivity contribution < 1.29 is 14.3 Å². The molecule has 0 aliphatic carbocycles. The van der Waals surface area contributed by atoms with Gasteiger partial charge in [-0.25, -0.2) is 14.4 Å². The third kappa shape index (κ3) is 5.30. The lowest BCUT2D eigenvalue weighted by Gasteiger charge is -2.36. The van der Waals surface area contributed by atoms with E-state index in [2.05, 4.69) is 54.6 Å². The number of amides is 1. The molecule has 1 N–H and O–H groups in total. The van der Waals surface area contributed by atoms with E-state index < -0.39 is 14.4 Å². The molecule has 7 heteroatoms. The third-order valence-electron chi connectivity index (χ3n) is 6.15. The number of anilines is 2. The number of aromatic nitrogens is 2. The summed E-state index contributed by atoms with van der Waals surface area (Å²) < 4.78 is 8.10. The van der Waals surface area contributed by atoms with Gasteiger partial charge in [-0.2, -0.15) is 5.10 Å². The molecule has 176 valence electrons. The maximum atomic E-state index is 12.3. The Balaban J connectivity index is 2.07. The zero-order valence-electron chi connectivity index (χ0n) is 20.9. The predicted octanol–water partition coefficient (Wildman–Crippen LogP) is 7.37. The summed E-state index contributed by atoms with van der Waals surface area (Å²) >= 11 is 0. The standard InChI is InChI=1S/C26H35N3O3Si/c1-25(2,3)22-18-23(28(24(30)31)19-12-10-9-11-13-19)29(27-22)20-14-16-21(17-15-20)32-33(7,8)26(4,5)6/h9-18H,1-8H3,(H,30,31). The molecule has 6 nitrogen and oxygen atoms in total. The zero-order valence-corrected chi connectivity index (χ0v) is 21.9. The lowest BCUT2D eigenvalue weighted by Crippen LogP contribution is -2.43. The number of benzene rings is 2. The molecule has 1 heterocycles. The fourth-order valence-electron chi connectivity index (χ4n) is 3.11. The van der Waals surface area contributed by atoms with Gasteiger partial charge in [-0.3, -0.25) is 0 Å². The van der Waals surface area contributed by atoms with E-state index in [9.17, 15) is 9.90 Å². The fraction of sp³-hybridized carbons (Fsp3) is 0.385. The van der Waals surface area contributed by atoms with Crippen LogP contribution in [0.25, 0.3) is 5.69 Å². The molecule has 1 amide bonds.